The molecule has 1 amide bonds. The maximum atomic E-state index is 12.4. The van der Waals surface area contributed by atoms with Crippen LogP contribution in [0.2, 0.25) is 0 Å². The van der Waals surface area contributed by atoms with Crippen LogP contribution in [0.15, 0.2) is 0 Å². The summed E-state index contributed by atoms with van der Waals surface area (Å²) >= 11 is 5.82. The Morgan fingerprint density at radius 1 is 1.24 bits per heavy atom. The Bertz CT molecular complexity index is 252. The molecule has 0 aliphatic carbocycles. The molecule has 0 saturated carbocycles. The molecule has 98 valence electrons. The lowest BCUT2D eigenvalue weighted by atomic mass is 9.98. The number of alkyl halides is 1. The van der Waals surface area contributed by atoms with E-state index in [1.54, 1.807) is 0 Å². The summed E-state index contributed by atoms with van der Waals surface area (Å²) in [6, 6.07) is 0.347. The number of nitrogens with zero attached hydrogens (tertiary/aromatic N) is 1. The highest BCUT2D eigenvalue weighted by Crippen LogP contribution is 2.24. The van der Waals surface area contributed by atoms with Crippen LogP contribution in [0.1, 0.15) is 44.9 Å². The van der Waals surface area contributed by atoms with Crippen LogP contribution in [0.4, 0.5) is 0 Å². The molecule has 0 bridgehead atoms. The Morgan fingerprint density at radius 2 is 2.06 bits per heavy atom. The van der Waals surface area contributed by atoms with Gasteiger partial charge in [0.2, 0.25) is 0 Å². The van der Waals surface area contributed by atoms with Gasteiger partial charge in [0.15, 0.2) is 0 Å². The minimum absolute atomic E-state index is 0.181. The molecule has 3 nitrogen and oxygen atoms in total. The molecule has 0 spiro atoms. The van der Waals surface area contributed by atoms with Crippen LogP contribution >= 0.6 is 11.6 Å². The lowest BCUT2D eigenvalue weighted by Crippen LogP contribution is -2.49. The highest BCUT2D eigenvalue weighted by molar-refractivity contribution is 6.17. The Labute approximate surface area is 108 Å². The number of ether oxygens (including phenoxy) is 1. The molecular weight excluding hydrogens is 238 g/mol. The summed E-state index contributed by atoms with van der Waals surface area (Å²) in [6.07, 6.45) is 7.28. The summed E-state index contributed by atoms with van der Waals surface area (Å²) in [6.45, 7) is 1.63. The van der Waals surface area contributed by atoms with Gasteiger partial charge in [0, 0.05) is 25.1 Å². The van der Waals surface area contributed by atoms with E-state index in [2.05, 4.69) is 0 Å². The van der Waals surface area contributed by atoms with Gasteiger partial charge in [0.1, 0.15) is 6.10 Å². The Balaban J connectivity index is 1.94. The van der Waals surface area contributed by atoms with E-state index < -0.39 is 0 Å². The number of halogens is 1. The van der Waals surface area contributed by atoms with Gasteiger partial charge >= 0.3 is 0 Å². The van der Waals surface area contributed by atoms with Crippen molar-refractivity contribution in [1.82, 2.24) is 4.90 Å². The molecule has 0 aromatic carbocycles. The van der Waals surface area contributed by atoms with Gasteiger partial charge in [-0.3, -0.25) is 4.79 Å². The van der Waals surface area contributed by atoms with Crippen molar-refractivity contribution in [2.45, 2.75) is 57.1 Å². The first kappa shape index (κ1) is 13.2. The first-order valence-corrected chi connectivity index (χ1v) is 7.34. The number of carbonyl (C=O) groups excluding carboxylic acids is 1. The lowest BCUT2D eigenvalue weighted by Gasteiger charge is -2.38. The number of amides is 1. The second-order valence-electron chi connectivity index (χ2n) is 5.01. The van der Waals surface area contributed by atoms with Gasteiger partial charge in [-0.15, -0.1) is 11.6 Å². The lowest BCUT2D eigenvalue weighted by molar-refractivity contribution is -0.150. The molecule has 2 saturated heterocycles. The largest absolute Gasteiger partial charge is 0.368 e. The molecule has 0 radical (unpaired) electrons. The summed E-state index contributed by atoms with van der Waals surface area (Å²) in [7, 11) is 0. The first-order valence-electron chi connectivity index (χ1n) is 6.81. The SMILES string of the molecule is O=C(C1CCCCO1)N1CCCCC1CCCl. The van der Waals surface area contributed by atoms with Gasteiger partial charge < -0.3 is 9.64 Å². The average molecular weight is 260 g/mol. The molecule has 0 aromatic heterocycles. The van der Waals surface area contributed by atoms with E-state index in [-0.39, 0.29) is 12.0 Å². The summed E-state index contributed by atoms with van der Waals surface area (Å²) in [5.74, 6) is 0.847. The number of piperidine rings is 1. The number of rotatable bonds is 3. The molecule has 0 N–H and O–H groups in total. The maximum absolute atomic E-state index is 12.4. The maximum Gasteiger partial charge on any atom is 0.251 e. The van der Waals surface area contributed by atoms with Gasteiger partial charge in [-0.1, -0.05) is 0 Å². The molecule has 2 heterocycles. The molecular formula is C13H22ClNO2. The monoisotopic (exact) mass is 259 g/mol. The first-order chi connectivity index (χ1) is 8.33. The van der Waals surface area contributed by atoms with Gasteiger partial charge in [0.05, 0.1) is 0 Å². The van der Waals surface area contributed by atoms with Crippen LogP contribution in [-0.2, 0) is 9.53 Å². The van der Waals surface area contributed by atoms with E-state index in [1.165, 1.54) is 6.42 Å². The van der Waals surface area contributed by atoms with Crippen molar-refractivity contribution in [2.75, 3.05) is 19.0 Å². The van der Waals surface area contributed by atoms with E-state index >= 15 is 0 Å². The van der Waals surface area contributed by atoms with E-state index in [0.717, 1.165) is 51.7 Å². The summed E-state index contributed by atoms with van der Waals surface area (Å²) < 4.78 is 5.60. The van der Waals surface area contributed by atoms with E-state index in [9.17, 15) is 4.79 Å². The third-order valence-electron chi connectivity index (χ3n) is 3.81. The van der Waals surface area contributed by atoms with Crippen molar-refractivity contribution in [1.29, 1.82) is 0 Å². The Morgan fingerprint density at radius 3 is 2.76 bits per heavy atom. The van der Waals surface area contributed by atoms with Crippen LogP contribution < -0.4 is 0 Å². The minimum Gasteiger partial charge on any atom is -0.368 e. The summed E-state index contributed by atoms with van der Waals surface area (Å²) in [4.78, 5) is 14.4. The number of hydrogen-bond donors (Lipinski definition) is 0. The zero-order chi connectivity index (χ0) is 12.1. The standard InChI is InChI=1S/C13H22ClNO2/c14-8-7-11-5-1-3-9-15(11)13(16)12-6-2-4-10-17-12/h11-12H,1-10H2. The van der Waals surface area contributed by atoms with Gasteiger partial charge in [-0.2, -0.15) is 0 Å². The molecule has 2 fully saturated rings. The van der Waals surface area contributed by atoms with Crippen molar-refractivity contribution in [3.63, 3.8) is 0 Å². The van der Waals surface area contributed by atoms with Gasteiger partial charge in [0.25, 0.3) is 5.91 Å². The fraction of sp³-hybridized carbons (Fsp3) is 0.923. The van der Waals surface area contributed by atoms with E-state index in [4.69, 9.17) is 16.3 Å². The third kappa shape index (κ3) is 3.35. The van der Waals surface area contributed by atoms with Crippen molar-refractivity contribution < 1.29 is 9.53 Å². The predicted octanol–water partition coefficient (Wildman–Crippen LogP) is 2.57. The number of carbonyl (C=O) groups is 1. The molecule has 0 aromatic rings. The number of hydrogen-bond acceptors (Lipinski definition) is 2. The Kier molecular flexibility index (Phi) is 5.11. The quantitative estimate of drug-likeness (QED) is 0.729. The molecule has 2 atom stereocenters. The van der Waals surface area contributed by atoms with Crippen LogP contribution in [0, 0.1) is 0 Å². The fourth-order valence-electron chi connectivity index (χ4n) is 2.84. The van der Waals surface area contributed by atoms with Crippen molar-refractivity contribution in [3.05, 3.63) is 0 Å². The number of likely N-dealkylation sites (tertiary alicyclic amines) is 1. The molecule has 17 heavy (non-hydrogen) atoms. The molecule has 2 rings (SSSR count). The normalized spacial score (nSPS) is 30.3. The van der Waals surface area contributed by atoms with Crippen molar-refractivity contribution >= 4 is 17.5 Å². The van der Waals surface area contributed by atoms with Crippen LogP contribution in [-0.4, -0.2) is 42.0 Å². The highest BCUT2D eigenvalue weighted by Gasteiger charge is 2.32. The van der Waals surface area contributed by atoms with Gasteiger partial charge in [-0.05, 0) is 44.9 Å². The predicted molar refractivity (Wildman–Crippen MR) is 68.3 cm³/mol. The summed E-state index contributed by atoms with van der Waals surface area (Å²) in [5.41, 5.74) is 0. The van der Waals surface area contributed by atoms with Crippen LogP contribution in [0.3, 0.4) is 0 Å². The fourth-order valence-corrected chi connectivity index (χ4v) is 3.09. The topological polar surface area (TPSA) is 29.5 Å². The zero-order valence-corrected chi connectivity index (χ0v) is 11.1. The van der Waals surface area contributed by atoms with Crippen molar-refractivity contribution in [3.8, 4) is 0 Å². The third-order valence-corrected chi connectivity index (χ3v) is 4.03. The highest BCUT2D eigenvalue weighted by atomic mass is 35.5. The van der Waals surface area contributed by atoms with Crippen LogP contribution in [0.5, 0.6) is 0 Å². The smallest absolute Gasteiger partial charge is 0.251 e. The second-order valence-corrected chi connectivity index (χ2v) is 5.39. The summed E-state index contributed by atoms with van der Waals surface area (Å²) in [5, 5.41) is 0. The van der Waals surface area contributed by atoms with E-state index in [0.29, 0.717) is 11.9 Å². The Hall–Kier alpha value is -0.280. The van der Waals surface area contributed by atoms with Crippen LogP contribution in [0.25, 0.3) is 0 Å². The molecule has 4 heteroatoms. The van der Waals surface area contributed by atoms with Crippen molar-refractivity contribution in [2.24, 2.45) is 0 Å². The zero-order valence-electron chi connectivity index (χ0n) is 10.4. The van der Waals surface area contributed by atoms with E-state index in [1.807, 2.05) is 4.90 Å². The minimum atomic E-state index is -0.181. The average Bonchev–Trinajstić information content (AvgIpc) is 2.40. The van der Waals surface area contributed by atoms with Gasteiger partial charge in [-0.25, -0.2) is 0 Å². The molecule has 2 aliphatic rings. The molecule has 2 unspecified atom stereocenters. The molecule has 2 aliphatic heterocycles. The second kappa shape index (κ2) is 6.60.